The number of cyclic esters (lactones) is 1. The predicted octanol–water partition coefficient (Wildman–Crippen LogP) is 3.64. The molecule has 1 spiro atoms. The van der Waals surface area contributed by atoms with Crippen LogP contribution in [0, 0.1) is 11.8 Å². The number of aliphatic hydroxyl groups excluding tert-OH is 1. The molecule has 47 heavy (non-hydrogen) atoms. The van der Waals surface area contributed by atoms with Crippen molar-refractivity contribution in [2.45, 2.75) is 82.0 Å². The summed E-state index contributed by atoms with van der Waals surface area (Å²) in [5.74, 6) is -3.85. The fourth-order valence-corrected chi connectivity index (χ4v) is 7.61. The summed E-state index contributed by atoms with van der Waals surface area (Å²) < 4.78 is 13.1. The van der Waals surface area contributed by atoms with Gasteiger partial charge in [0.1, 0.15) is 23.7 Å². The van der Waals surface area contributed by atoms with Gasteiger partial charge in [-0.25, -0.2) is 0 Å². The first kappa shape index (κ1) is 32.7. The number of carbonyl (C=O) groups excluding carboxylic acids is 4. The molecular weight excluding hydrogens is 598 g/mol. The number of benzene rings is 2. The predicted molar refractivity (Wildman–Crippen MR) is 173 cm³/mol. The van der Waals surface area contributed by atoms with Crippen molar-refractivity contribution in [3.8, 4) is 0 Å². The van der Waals surface area contributed by atoms with Crippen molar-refractivity contribution >= 4 is 23.7 Å². The average molecular weight is 642 g/mol. The molecule has 10 heteroatoms. The van der Waals surface area contributed by atoms with Gasteiger partial charge in [0, 0.05) is 18.5 Å². The van der Waals surface area contributed by atoms with Crippen molar-refractivity contribution in [1.82, 2.24) is 15.1 Å². The molecule has 4 aliphatic rings. The molecule has 2 saturated heterocycles. The number of fused-ring (bicyclic) bond motifs is 2. The van der Waals surface area contributed by atoms with Crippen molar-refractivity contribution < 1.29 is 33.8 Å². The van der Waals surface area contributed by atoms with Crippen molar-refractivity contribution in [3.05, 3.63) is 96.1 Å². The summed E-state index contributed by atoms with van der Waals surface area (Å²) in [6, 6.07) is 15.7. The van der Waals surface area contributed by atoms with E-state index in [1.54, 1.807) is 30.1 Å². The highest BCUT2D eigenvalue weighted by Crippen LogP contribution is 2.55. The van der Waals surface area contributed by atoms with Crippen LogP contribution in [0.2, 0.25) is 0 Å². The van der Waals surface area contributed by atoms with Crippen LogP contribution in [0.15, 0.2) is 85.0 Å². The number of carbonyl (C=O) groups is 4. The third-order valence-electron chi connectivity index (χ3n) is 9.78. The second kappa shape index (κ2) is 12.7. The Balaban J connectivity index is 1.50. The Kier molecular flexibility index (Phi) is 8.84. The summed E-state index contributed by atoms with van der Waals surface area (Å²) in [5, 5.41) is 13.7. The quantitative estimate of drug-likeness (QED) is 0.386. The van der Waals surface area contributed by atoms with E-state index in [1.807, 2.05) is 87.5 Å². The largest absolute Gasteiger partial charge is 0.455 e. The van der Waals surface area contributed by atoms with Crippen molar-refractivity contribution in [2.75, 3.05) is 13.2 Å². The number of ether oxygens (including phenoxy) is 2. The monoisotopic (exact) mass is 641 g/mol. The zero-order chi connectivity index (χ0) is 33.5. The van der Waals surface area contributed by atoms with Crippen LogP contribution >= 0.6 is 0 Å². The molecule has 0 bridgehead atoms. The minimum atomic E-state index is -1.52. The standard InChI is InChI=1S/C37H43N3O7/c1-23-31(25-16-9-6-10-17-25)46-35(45)29-27(18-11-12-19-28(42)38-23)47-37-20-13-21-39(36(2,3)4)34(44)32(37)40(33(43)30(29)37)26(22-41)24-14-7-5-8-15-24/h5-11,13-18,20,23,26-27,29-32,41H,12,19,21-22H2,1-4H3,(H,38,42)/b18-11-/t23-,26-,27-,29+,30+,31+,32-,37+/m1/s1. The minimum Gasteiger partial charge on any atom is -0.455 e. The van der Waals surface area contributed by atoms with Gasteiger partial charge in [-0.05, 0) is 45.2 Å². The Morgan fingerprint density at radius 2 is 1.66 bits per heavy atom. The average Bonchev–Trinajstić information content (AvgIpc) is 3.42. The Morgan fingerprint density at radius 3 is 2.32 bits per heavy atom. The maximum Gasteiger partial charge on any atom is 0.313 e. The zero-order valence-corrected chi connectivity index (χ0v) is 27.2. The minimum absolute atomic E-state index is 0.180. The second-order valence-corrected chi connectivity index (χ2v) is 13.8. The van der Waals surface area contributed by atoms with Crippen LogP contribution < -0.4 is 5.32 Å². The maximum absolute atomic E-state index is 14.9. The highest BCUT2D eigenvalue weighted by molar-refractivity contribution is 5.99. The molecule has 2 aromatic carbocycles. The summed E-state index contributed by atoms with van der Waals surface area (Å²) in [4.78, 5) is 60.0. The Morgan fingerprint density at radius 1 is 0.979 bits per heavy atom. The van der Waals surface area contributed by atoms with Gasteiger partial charge in [-0.3, -0.25) is 19.2 Å². The molecule has 0 radical (unpaired) electrons. The van der Waals surface area contributed by atoms with Crippen LogP contribution in [0.4, 0.5) is 0 Å². The molecule has 4 heterocycles. The number of aliphatic hydroxyl groups is 1. The number of likely N-dealkylation sites (tertiary alicyclic amines) is 1. The molecule has 0 aliphatic carbocycles. The molecule has 8 atom stereocenters. The van der Waals surface area contributed by atoms with Crippen molar-refractivity contribution in [3.63, 3.8) is 0 Å². The molecule has 0 saturated carbocycles. The Labute approximate surface area is 275 Å². The van der Waals surface area contributed by atoms with E-state index in [9.17, 15) is 24.3 Å². The molecule has 0 aromatic heterocycles. The molecule has 3 amide bonds. The number of allylic oxidation sites excluding steroid dienone is 1. The molecule has 10 nitrogen and oxygen atoms in total. The van der Waals surface area contributed by atoms with Gasteiger partial charge in [0.05, 0.1) is 30.7 Å². The van der Waals surface area contributed by atoms with Crippen LogP contribution in [0.25, 0.3) is 0 Å². The summed E-state index contributed by atoms with van der Waals surface area (Å²) in [5.41, 5.74) is -0.755. The fraction of sp³-hybridized carbons (Fsp3) is 0.459. The van der Waals surface area contributed by atoms with Gasteiger partial charge in [0.25, 0.3) is 0 Å². The number of nitrogens with one attached hydrogen (secondary N) is 1. The van der Waals surface area contributed by atoms with Crippen LogP contribution in [-0.4, -0.2) is 81.1 Å². The lowest BCUT2D eigenvalue weighted by molar-refractivity contribution is -0.162. The molecule has 2 N–H and O–H groups in total. The smallest absolute Gasteiger partial charge is 0.313 e. The lowest BCUT2D eigenvalue weighted by Gasteiger charge is -2.42. The number of amides is 3. The van der Waals surface area contributed by atoms with E-state index in [0.29, 0.717) is 17.5 Å². The molecule has 4 aliphatic heterocycles. The van der Waals surface area contributed by atoms with Crippen molar-refractivity contribution in [2.24, 2.45) is 11.8 Å². The van der Waals surface area contributed by atoms with Gasteiger partial charge in [0.15, 0.2) is 0 Å². The molecular formula is C37H43N3O7. The third kappa shape index (κ3) is 5.78. The van der Waals surface area contributed by atoms with Gasteiger partial charge in [-0.2, -0.15) is 0 Å². The lowest BCUT2D eigenvalue weighted by atomic mass is 9.77. The zero-order valence-electron chi connectivity index (χ0n) is 27.2. The molecule has 6 rings (SSSR count). The van der Waals surface area contributed by atoms with Gasteiger partial charge in [0.2, 0.25) is 17.7 Å². The van der Waals surface area contributed by atoms with Crippen LogP contribution in [0.3, 0.4) is 0 Å². The first-order valence-corrected chi connectivity index (χ1v) is 16.3. The highest BCUT2D eigenvalue weighted by atomic mass is 16.6. The van der Waals surface area contributed by atoms with E-state index >= 15 is 0 Å². The molecule has 2 aromatic rings. The van der Waals surface area contributed by atoms with Gasteiger partial charge >= 0.3 is 5.97 Å². The number of rotatable bonds is 4. The van der Waals surface area contributed by atoms with Crippen LogP contribution in [-0.2, 0) is 28.7 Å². The first-order chi connectivity index (χ1) is 22.5. The topological polar surface area (TPSA) is 125 Å². The van der Waals surface area contributed by atoms with E-state index < -0.39 is 71.8 Å². The van der Waals surface area contributed by atoms with Crippen molar-refractivity contribution in [1.29, 1.82) is 0 Å². The van der Waals surface area contributed by atoms with Gasteiger partial charge in [-0.15, -0.1) is 0 Å². The normalized spacial score (nSPS) is 32.6. The van der Waals surface area contributed by atoms with Gasteiger partial charge in [-0.1, -0.05) is 85.0 Å². The molecule has 248 valence electrons. The summed E-state index contributed by atoms with van der Waals surface area (Å²) in [6.45, 7) is 7.42. The Bertz CT molecular complexity index is 1570. The highest BCUT2D eigenvalue weighted by Gasteiger charge is 2.73. The lowest BCUT2D eigenvalue weighted by Crippen LogP contribution is -2.59. The van der Waals surface area contributed by atoms with E-state index in [0.717, 1.165) is 0 Å². The van der Waals surface area contributed by atoms with E-state index in [4.69, 9.17) is 9.47 Å². The SMILES string of the molecule is C[C@H]1NC(=O)CC/C=C\[C@H]2O[C@]34C=CCN(C(C)(C)C)C(=O)[C@H]3N([C@H](CO)c3ccccc3)C(=O)[C@@H]4[C@H]2C(=O)O[C@@H]1c1ccccc1. The van der Waals surface area contributed by atoms with E-state index in [2.05, 4.69) is 5.32 Å². The van der Waals surface area contributed by atoms with Gasteiger partial charge < -0.3 is 29.7 Å². The number of esters is 1. The second-order valence-electron chi connectivity index (χ2n) is 13.8. The number of hydrogen-bond acceptors (Lipinski definition) is 7. The first-order valence-electron chi connectivity index (χ1n) is 16.3. The fourth-order valence-electron chi connectivity index (χ4n) is 7.61. The third-order valence-corrected chi connectivity index (χ3v) is 9.78. The van der Waals surface area contributed by atoms with E-state index in [1.165, 1.54) is 4.90 Å². The van der Waals surface area contributed by atoms with E-state index in [-0.39, 0.29) is 24.8 Å². The van der Waals surface area contributed by atoms with Crippen LogP contribution in [0.1, 0.15) is 63.8 Å². The molecule has 0 unspecified atom stereocenters. The molecule has 2 fully saturated rings. The summed E-state index contributed by atoms with van der Waals surface area (Å²) in [6.07, 6.45) is 5.98. The van der Waals surface area contributed by atoms with Crippen LogP contribution in [0.5, 0.6) is 0 Å². The Hall–Kier alpha value is -4.28. The summed E-state index contributed by atoms with van der Waals surface area (Å²) >= 11 is 0. The summed E-state index contributed by atoms with van der Waals surface area (Å²) in [7, 11) is 0. The number of nitrogens with zero attached hydrogens (tertiary/aromatic N) is 2. The maximum atomic E-state index is 14.9. The number of hydrogen-bond donors (Lipinski definition) is 2.